The molecular weight excluding hydrogens is 186 g/mol. The molecule has 15 heavy (non-hydrogen) atoms. The molecule has 84 valence electrons. The summed E-state index contributed by atoms with van der Waals surface area (Å²) < 4.78 is 0. The zero-order valence-electron chi connectivity index (χ0n) is 9.90. The summed E-state index contributed by atoms with van der Waals surface area (Å²) in [5.74, 6) is 0. The summed E-state index contributed by atoms with van der Waals surface area (Å²) in [5.41, 5.74) is 1.30. The lowest BCUT2D eigenvalue weighted by Gasteiger charge is -2.15. The van der Waals surface area contributed by atoms with Gasteiger partial charge in [0.15, 0.2) is 0 Å². The first kappa shape index (κ1) is 12.1. The Hall–Kier alpha value is -0.930. The standard InChI is InChI=1S/C12H21N3/c1-11(12-5-8-13-9-6-12)14-7-4-10-15(2)3/h5-6,8-9,11,14H,4,7,10H2,1-3H3/t11-/m0/s1. The monoisotopic (exact) mass is 207 g/mol. The molecule has 0 aliphatic rings. The third-order valence-electron chi connectivity index (χ3n) is 2.44. The van der Waals surface area contributed by atoms with E-state index < -0.39 is 0 Å². The van der Waals surface area contributed by atoms with Gasteiger partial charge < -0.3 is 10.2 Å². The second-order valence-corrected chi connectivity index (χ2v) is 4.11. The van der Waals surface area contributed by atoms with Crippen LogP contribution in [0.25, 0.3) is 0 Å². The molecule has 0 spiro atoms. The lowest BCUT2D eigenvalue weighted by molar-refractivity contribution is 0.389. The Labute approximate surface area is 92.5 Å². The first-order chi connectivity index (χ1) is 7.20. The molecule has 0 unspecified atom stereocenters. The van der Waals surface area contributed by atoms with Gasteiger partial charge in [0.2, 0.25) is 0 Å². The van der Waals surface area contributed by atoms with Crippen LogP contribution in [0.4, 0.5) is 0 Å². The maximum Gasteiger partial charge on any atom is 0.0292 e. The summed E-state index contributed by atoms with van der Waals surface area (Å²) in [6.07, 6.45) is 4.86. The SMILES string of the molecule is C[C@H](NCCCN(C)C)c1ccncc1. The zero-order chi connectivity index (χ0) is 11.1. The van der Waals surface area contributed by atoms with E-state index in [4.69, 9.17) is 0 Å². The number of nitrogens with zero attached hydrogens (tertiary/aromatic N) is 2. The van der Waals surface area contributed by atoms with Crippen LogP contribution in [0, 0.1) is 0 Å². The number of hydrogen-bond donors (Lipinski definition) is 1. The Morgan fingerprint density at radius 3 is 2.60 bits per heavy atom. The smallest absolute Gasteiger partial charge is 0.0292 e. The molecule has 0 aliphatic heterocycles. The predicted molar refractivity (Wildman–Crippen MR) is 63.8 cm³/mol. The van der Waals surface area contributed by atoms with E-state index in [1.165, 1.54) is 12.0 Å². The molecule has 0 bridgehead atoms. The van der Waals surface area contributed by atoms with Gasteiger partial charge in [-0.15, -0.1) is 0 Å². The fraction of sp³-hybridized carbons (Fsp3) is 0.583. The highest BCUT2D eigenvalue weighted by molar-refractivity contribution is 5.13. The van der Waals surface area contributed by atoms with E-state index in [1.807, 2.05) is 12.4 Å². The molecule has 3 nitrogen and oxygen atoms in total. The summed E-state index contributed by atoms with van der Waals surface area (Å²) >= 11 is 0. The quantitative estimate of drug-likeness (QED) is 0.719. The molecule has 1 heterocycles. The molecule has 0 amide bonds. The van der Waals surface area contributed by atoms with E-state index in [0.29, 0.717) is 6.04 Å². The van der Waals surface area contributed by atoms with Gasteiger partial charge in [0.25, 0.3) is 0 Å². The average molecular weight is 207 g/mol. The van der Waals surface area contributed by atoms with Crippen LogP contribution in [0.5, 0.6) is 0 Å². The largest absolute Gasteiger partial charge is 0.310 e. The van der Waals surface area contributed by atoms with Gasteiger partial charge in [-0.05, 0) is 58.2 Å². The topological polar surface area (TPSA) is 28.2 Å². The summed E-state index contributed by atoms with van der Waals surface area (Å²) in [6, 6.07) is 4.53. The molecule has 1 atom stereocenters. The van der Waals surface area contributed by atoms with Crippen molar-refractivity contribution in [2.45, 2.75) is 19.4 Å². The van der Waals surface area contributed by atoms with Crippen molar-refractivity contribution >= 4 is 0 Å². The Balaban J connectivity index is 2.22. The molecule has 1 aromatic heterocycles. The lowest BCUT2D eigenvalue weighted by atomic mass is 10.1. The van der Waals surface area contributed by atoms with Gasteiger partial charge in [-0.25, -0.2) is 0 Å². The predicted octanol–water partition coefficient (Wildman–Crippen LogP) is 1.68. The normalized spacial score (nSPS) is 13.1. The molecule has 0 saturated carbocycles. The minimum Gasteiger partial charge on any atom is -0.310 e. The van der Waals surface area contributed by atoms with E-state index in [9.17, 15) is 0 Å². The molecule has 1 aromatic rings. The number of rotatable bonds is 6. The van der Waals surface area contributed by atoms with E-state index in [1.54, 1.807) is 0 Å². The van der Waals surface area contributed by atoms with Crippen LogP contribution in [0.3, 0.4) is 0 Å². The van der Waals surface area contributed by atoms with E-state index in [0.717, 1.165) is 13.1 Å². The van der Waals surface area contributed by atoms with E-state index >= 15 is 0 Å². The maximum atomic E-state index is 4.01. The van der Waals surface area contributed by atoms with Gasteiger partial charge in [0.1, 0.15) is 0 Å². The van der Waals surface area contributed by atoms with Gasteiger partial charge in [-0.2, -0.15) is 0 Å². The molecule has 1 N–H and O–H groups in total. The zero-order valence-corrected chi connectivity index (χ0v) is 9.90. The van der Waals surface area contributed by atoms with Crippen molar-refractivity contribution in [3.8, 4) is 0 Å². The molecule has 0 aromatic carbocycles. The highest BCUT2D eigenvalue weighted by Gasteiger charge is 2.02. The van der Waals surface area contributed by atoms with Crippen molar-refractivity contribution in [1.29, 1.82) is 0 Å². The molecule has 0 fully saturated rings. The third kappa shape index (κ3) is 4.91. The fourth-order valence-corrected chi connectivity index (χ4v) is 1.48. The van der Waals surface area contributed by atoms with Gasteiger partial charge in [-0.3, -0.25) is 4.98 Å². The van der Waals surface area contributed by atoms with Crippen LogP contribution in [0.15, 0.2) is 24.5 Å². The molecule has 1 rings (SSSR count). The summed E-state index contributed by atoms with van der Waals surface area (Å²) in [7, 11) is 4.21. The van der Waals surface area contributed by atoms with Crippen LogP contribution in [-0.4, -0.2) is 37.1 Å². The number of hydrogen-bond acceptors (Lipinski definition) is 3. The third-order valence-corrected chi connectivity index (χ3v) is 2.44. The summed E-state index contributed by atoms with van der Waals surface area (Å²) in [5, 5.41) is 3.50. The van der Waals surface area contributed by atoms with Crippen LogP contribution in [-0.2, 0) is 0 Å². The number of pyridine rings is 1. The Bertz CT molecular complexity index is 259. The van der Waals surface area contributed by atoms with Crippen LogP contribution in [0.2, 0.25) is 0 Å². The Morgan fingerprint density at radius 1 is 1.33 bits per heavy atom. The first-order valence-electron chi connectivity index (χ1n) is 5.48. The van der Waals surface area contributed by atoms with Crippen molar-refractivity contribution in [2.24, 2.45) is 0 Å². The van der Waals surface area contributed by atoms with Crippen LogP contribution < -0.4 is 5.32 Å². The summed E-state index contributed by atoms with van der Waals surface area (Å²) in [4.78, 5) is 6.22. The molecule has 0 radical (unpaired) electrons. The van der Waals surface area contributed by atoms with Gasteiger partial charge in [0, 0.05) is 18.4 Å². The molecule has 0 aliphatic carbocycles. The molecule has 0 saturated heterocycles. The summed E-state index contributed by atoms with van der Waals surface area (Å²) in [6.45, 7) is 4.38. The van der Waals surface area contributed by atoms with Gasteiger partial charge >= 0.3 is 0 Å². The van der Waals surface area contributed by atoms with E-state index in [2.05, 4.69) is 48.4 Å². The Morgan fingerprint density at radius 2 is 2.00 bits per heavy atom. The average Bonchev–Trinajstić information content (AvgIpc) is 2.25. The minimum atomic E-state index is 0.412. The number of nitrogens with one attached hydrogen (secondary N) is 1. The maximum absolute atomic E-state index is 4.01. The van der Waals surface area contributed by atoms with Crippen molar-refractivity contribution in [3.63, 3.8) is 0 Å². The van der Waals surface area contributed by atoms with Gasteiger partial charge in [0.05, 0.1) is 0 Å². The van der Waals surface area contributed by atoms with Crippen LogP contribution >= 0.6 is 0 Å². The second-order valence-electron chi connectivity index (χ2n) is 4.11. The molecular formula is C12H21N3. The highest BCUT2D eigenvalue weighted by atomic mass is 15.1. The fourth-order valence-electron chi connectivity index (χ4n) is 1.48. The van der Waals surface area contributed by atoms with Crippen molar-refractivity contribution in [3.05, 3.63) is 30.1 Å². The molecule has 3 heteroatoms. The Kier molecular flexibility index (Phi) is 5.29. The van der Waals surface area contributed by atoms with Crippen molar-refractivity contribution in [1.82, 2.24) is 15.2 Å². The highest BCUT2D eigenvalue weighted by Crippen LogP contribution is 2.09. The lowest BCUT2D eigenvalue weighted by Crippen LogP contribution is -2.23. The van der Waals surface area contributed by atoms with Gasteiger partial charge in [-0.1, -0.05) is 0 Å². The van der Waals surface area contributed by atoms with E-state index in [-0.39, 0.29) is 0 Å². The first-order valence-corrected chi connectivity index (χ1v) is 5.48. The van der Waals surface area contributed by atoms with Crippen LogP contribution in [0.1, 0.15) is 24.9 Å². The minimum absolute atomic E-state index is 0.412. The van der Waals surface area contributed by atoms with Crippen molar-refractivity contribution in [2.75, 3.05) is 27.2 Å². The number of aromatic nitrogens is 1. The van der Waals surface area contributed by atoms with Crippen molar-refractivity contribution < 1.29 is 0 Å². The second kappa shape index (κ2) is 6.53.